The lowest BCUT2D eigenvalue weighted by Crippen LogP contribution is -2.43. The second-order valence-electron chi connectivity index (χ2n) is 5.10. The average molecular weight is 252 g/mol. The van der Waals surface area contributed by atoms with E-state index < -0.39 is 0 Å². The molecule has 1 aromatic carbocycles. The van der Waals surface area contributed by atoms with Crippen molar-refractivity contribution in [3.63, 3.8) is 0 Å². The number of hydrogen-bond donors (Lipinski definition) is 1. The number of nitrogens with one attached hydrogen (secondary N) is 1. The molecule has 0 spiro atoms. The van der Waals surface area contributed by atoms with Crippen LogP contribution in [0.1, 0.15) is 44.6 Å². The van der Waals surface area contributed by atoms with Gasteiger partial charge in [-0.05, 0) is 42.9 Å². The van der Waals surface area contributed by atoms with Crippen LogP contribution < -0.4 is 5.32 Å². The van der Waals surface area contributed by atoms with Crippen LogP contribution in [0.15, 0.2) is 24.3 Å². The molecule has 1 atom stereocenters. The zero-order chi connectivity index (χ0) is 12.3. The maximum Gasteiger partial charge on any atom is 0.0441 e. The Bertz CT molecular complexity index is 371. The van der Waals surface area contributed by atoms with Crippen LogP contribution >= 0.6 is 11.6 Å². The fourth-order valence-electron chi connectivity index (χ4n) is 3.27. The van der Waals surface area contributed by atoms with Crippen LogP contribution in [0.3, 0.4) is 0 Å². The summed E-state index contributed by atoms with van der Waals surface area (Å²) in [4.78, 5) is 0. The largest absolute Gasteiger partial charge is 0.316 e. The van der Waals surface area contributed by atoms with Gasteiger partial charge in [0.25, 0.3) is 0 Å². The van der Waals surface area contributed by atoms with Crippen molar-refractivity contribution >= 4 is 11.6 Å². The van der Waals surface area contributed by atoms with E-state index in [4.69, 9.17) is 11.6 Å². The van der Waals surface area contributed by atoms with E-state index in [0.29, 0.717) is 11.3 Å². The highest BCUT2D eigenvalue weighted by Crippen LogP contribution is 2.47. The minimum absolute atomic E-state index is 0.427. The number of halogens is 1. The summed E-state index contributed by atoms with van der Waals surface area (Å²) < 4.78 is 0. The molecule has 0 aromatic heterocycles. The fourth-order valence-corrected chi connectivity index (χ4v) is 3.54. The summed E-state index contributed by atoms with van der Waals surface area (Å²) >= 11 is 6.37. The molecular weight excluding hydrogens is 230 g/mol. The molecule has 2 heteroatoms. The molecule has 2 rings (SSSR count). The van der Waals surface area contributed by atoms with Gasteiger partial charge in [0.1, 0.15) is 0 Å². The number of piperidine rings is 1. The third-order valence-corrected chi connectivity index (χ3v) is 4.92. The smallest absolute Gasteiger partial charge is 0.0441 e. The number of hydrogen-bond acceptors (Lipinski definition) is 1. The molecular formula is C15H22ClN. The van der Waals surface area contributed by atoms with Gasteiger partial charge in [-0.2, -0.15) is 0 Å². The highest BCUT2D eigenvalue weighted by molar-refractivity contribution is 6.31. The lowest BCUT2D eigenvalue weighted by atomic mass is 9.65. The lowest BCUT2D eigenvalue weighted by Gasteiger charge is -2.44. The first-order chi connectivity index (χ1) is 8.23. The Hall–Kier alpha value is -0.530. The van der Waals surface area contributed by atoms with Gasteiger partial charge >= 0.3 is 0 Å². The Morgan fingerprint density at radius 1 is 1.29 bits per heavy atom. The highest BCUT2D eigenvalue weighted by atomic mass is 35.5. The van der Waals surface area contributed by atoms with Crippen molar-refractivity contribution in [3.05, 3.63) is 34.9 Å². The molecule has 1 fully saturated rings. The molecule has 0 amide bonds. The maximum absolute atomic E-state index is 6.37. The summed E-state index contributed by atoms with van der Waals surface area (Å²) in [5.41, 5.74) is 1.75. The van der Waals surface area contributed by atoms with Crippen LogP contribution in [0.4, 0.5) is 0 Å². The Morgan fingerprint density at radius 2 is 2.00 bits per heavy atom. The molecule has 0 bridgehead atoms. The molecule has 0 radical (unpaired) electrons. The van der Waals surface area contributed by atoms with E-state index in [2.05, 4.69) is 31.3 Å². The van der Waals surface area contributed by atoms with E-state index >= 15 is 0 Å². The van der Waals surface area contributed by atoms with E-state index in [1.54, 1.807) is 0 Å². The molecule has 1 aliphatic rings. The fraction of sp³-hybridized carbons (Fsp3) is 0.600. The van der Waals surface area contributed by atoms with Crippen molar-refractivity contribution < 1.29 is 0 Å². The van der Waals surface area contributed by atoms with E-state index in [1.807, 2.05) is 12.1 Å². The summed E-state index contributed by atoms with van der Waals surface area (Å²) in [6, 6.07) is 8.33. The van der Waals surface area contributed by atoms with Crippen molar-refractivity contribution in [3.8, 4) is 0 Å². The van der Waals surface area contributed by atoms with Gasteiger partial charge in [0.15, 0.2) is 0 Å². The molecule has 1 unspecified atom stereocenters. The molecule has 94 valence electrons. The van der Waals surface area contributed by atoms with Crippen molar-refractivity contribution in [2.45, 2.75) is 39.0 Å². The van der Waals surface area contributed by atoms with Gasteiger partial charge in [-0.1, -0.05) is 43.6 Å². The van der Waals surface area contributed by atoms with E-state index in [-0.39, 0.29) is 0 Å². The van der Waals surface area contributed by atoms with Gasteiger partial charge in [0.05, 0.1) is 0 Å². The Labute approximate surface area is 110 Å². The second kappa shape index (κ2) is 5.41. The summed E-state index contributed by atoms with van der Waals surface area (Å²) in [6.45, 7) is 6.84. The Morgan fingerprint density at radius 3 is 2.65 bits per heavy atom. The van der Waals surface area contributed by atoms with Crippen molar-refractivity contribution in [1.29, 1.82) is 0 Å². The monoisotopic (exact) mass is 251 g/mol. The maximum atomic E-state index is 6.37. The Kier molecular flexibility index (Phi) is 4.11. The second-order valence-corrected chi connectivity index (χ2v) is 5.50. The molecule has 1 saturated heterocycles. The lowest BCUT2D eigenvalue weighted by molar-refractivity contribution is 0.148. The van der Waals surface area contributed by atoms with E-state index in [1.165, 1.54) is 24.8 Å². The molecule has 1 aromatic rings. The predicted octanol–water partition coefficient (Wildman–Crippen LogP) is 4.22. The normalized spacial score (nSPS) is 23.6. The van der Waals surface area contributed by atoms with Crippen molar-refractivity contribution in [2.75, 3.05) is 13.1 Å². The Balaban J connectivity index is 2.37. The predicted molar refractivity (Wildman–Crippen MR) is 74.7 cm³/mol. The van der Waals surface area contributed by atoms with Crippen molar-refractivity contribution in [1.82, 2.24) is 5.32 Å². The van der Waals surface area contributed by atoms with Crippen LogP contribution in [0, 0.1) is 5.41 Å². The average Bonchev–Trinajstić information content (AvgIpc) is 2.39. The highest BCUT2D eigenvalue weighted by Gasteiger charge is 2.39. The topological polar surface area (TPSA) is 12.0 Å². The number of benzene rings is 1. The van der Waals surface area contributed by atoms with Crippen LogP contribution in [0.25, 0.3) is 0 Å². The van der Waals surface area contributed by atoms with Gasteiger partial charge in [-0.25, -0.2) is 0 Å². The van der Waals surface area contributed by atoms with Crippen molar-refractivity contribution in [2.24, 2.45) is 5.41 Å². The SMILES string of the molecule is CCC1(CC)CCNCC1c1ccccc1Cl. The molecule has 17 heavy (non-hydrogen) atoms. The zero-order valence-electron chi connectivity index (χ0n) is 10.8. The summed E-state index contributed by atoms with van der Waals surface area (Å²) in [5.74, 6) is 0.556. The van der Waals surface area contributed by atoms with Gasteiger partial charge < -0.3 is 5.32 Å². The van der Waals surface area contributed by atoms with E-state index in [0.717, 1.165) is 18.1 Å². The van der Waals surface area contributed by atoms with Crippen LogP contribution in [0.2, 0.25) is 5.02 Å². The van der Waals surface area contributed by atoms with Crippen LogP contribution in [0.5, 0.6) is 0 Å². The van der Waals surface area contributed by atoms with Crippen LogP contribution in [-0.4, -0.2) is 13.1 Å². The van der Waals surface area contributed by atoms with Crippen LogP contribution in [-0.2, 0) is 0 Å². The van der Waals surface area contributed by atoms with Gasteiger partial charge in [0, 0.05) is 17.5 Å². The van der Waals surface area contributed by atoms with Gasteiger partial charge in [-0.3, -0.25) is 0 Å². The molecule has 1 heterocycles. The first-order valence-electron chi connectivity index (χ1n) is 6.68. The van der Waals surface area contributed by atoms with Gasteiger partial charge in [-0.15, -0.1) is 0 Å². The van der Waals surface area contributed by atoms with E-state index in [9.17, 15) is 0 Å². The third kappa shape index (κ3) is 2.36. The summed E-state index contributed by atoms with van der Waals surface area (Å²) in [5, 5.41) is 4.45. The molecule has 0 saturated carbocycles. The third-order valence-electron chi connectivity index (χ3n) is 4.58. The zero-order valence-corrected chi connectivity index (χ0v) is 11.6. The quantitative estimate of drug-likeness (QED) is 0.848. The first-order valence-corrected chi connectivity index (χ1v) is 7.06. The van der Waals surface area contributed by atoms with Gasteiger partial charge in [0.2, 0.25) is 0 Å². The minimum Gasteiger partial charge on any atom is -0.316 e. The first kappa shape index (κ1) is 12.9. The molecule has 1 N–H and O–H groups in total. The summed E-state index contributed by atoms with van der Waals surface area (Å²) in [6.07, 6.45) is 3.73. The molecule has 1 nitrogen and oxygen atoms in total. The summed E-state index contributed by atoms with van der Waals surface area (Å²) in [7, 11) is 0. The molecule has 1 aliphatic heterocycles. The standard InChI is InChI=1S/C15H22ClN/c1-3-15(4-2)9-10-17-11-13(15)12-7-5-6-8-14(12)16/h5-8,13,17H,3-4,9-11H2,1-2H3. The molecule has 0 aliphatic carbocycles. The number of rotatable bonds is 3. The minimum atomic E-state index is 0.427.